The number of nitrogens with one attached hydrogen (secondary N) is 1. The van der Waals surface area contributed by atoms with Crippen LogP contribution in [0.15, 0.2) is 35.9 Å². The van der Waals surface area contributed by atoms with E-state index in [4.69, 9.17) is 9.84 Å². The van der Waals surface area contributed by atoms with Crippen molar-refractivity contribution in [1.82, 2.24) is 5.32 Å². The number of carbonyl (C=O) groups excluding carboxylic acids is 2. The Kier molecular flexibility index (Phi) is 8.60. The number of aliphatic hydroxyl groups is 1. The second-order valence-corrected chi connectivity index (χ2v) is 8.83. The molecule has 0 aliphatic heterocycles. The summed E-state index contributed by atoms with van der Waals surface area (Å²) in [5.41, 5.74) is 2.11. The summed E-state index contributed by atoms with van der Waals surface area (Å²) in [6.07, 6.45) is 6.14. The Morgan fingerprint density at radius 2 is 1.93 bits per heavy atom. The van der Waals surface area contributed by atoms with Crippen molar-refractivity contribution in [2.75, 3.05) is 13.2 Å². The molecular formula is C24H35NO4. The van der Waals surface area contributed by atoms with Crippen LogP contribution in [0.4, 0.5) is 0 Å². The van der Waals surface area contributed by atoms with Crippen LogP contribution in [0.3, 0.4) is 0 Å². The monoisotopic (exact) mass is 401 g/mol. The largest absolute Gasteiger partial charge is 0.392 e. The standard InChI is InChI=1S/C24H35NO4/c1-17-6-7-18(2)22(14-17)29-13-5-12-24(3,4)23(28)25-15-21(27)20-10-8-19(16-26)9-11-20/h6,8-11,18,22,26H,5,7,12-16H2,1-4H3,(H,25,28). The number of hydrogen-bond acceptors (Lipinski definition) is 4. The molecule has 29 heavy (non-hydrogen) atoms. The number of allylic oxidation sites excluding steroid dienone is 1. The Bertz CT molecular complexity index is 721. The predicted octanol–water partition coefficient (Wildman–Crippen LogP) is 4.05. The third-order valence-electron chi connectivity index (χ3n) is 5.76. The molecule has 0 radical (unpaired) electrons. The van der Waals surface area contributed by atoms with Gasteiger partial charge in [-0.25, -0.2) is 0 Å². The summed E-state index contributed by atoms with van der Waals surface area (Å²) in [6.45, 7) is 8.74. The number of amides is 1. The lowest BCUT2D eigenvalue weighted by molar-refractivity contribution is -0.129. The highest BCUT2D eigenvalue weighted by Gasteiger charge is 2.28. The zero-order valence-electron chi connectivity index (χ0n) is 18.2. The van der Waals surface area contributed by atoms with Gasteiger partial charge >= 0.3 is 0 Å². The molecule has 0 saturated heterocycles. The molecule has 1 aromatic rings. The maximum absolute atomic E-state index is 12.5. The van der Waals surface area contributed by atoms with E-state index in [0.29, 0.717) is 24.5 Å². The second-order valence-electron chi connectivity index (χ2n) is 8.83. The Labute approximate surface area is 174 Å². The van der Waals surface area contributed by atoms with Gasteiger partial charge in [0.1, 0.15) is 0 Å². The van der Waals surface area contributed by atoms with Crippen LogP contribution in [0, 0.1) is 11.3 Å². The minimum atomic E-state index is -0.557. The van der Waals surface area contributed by atoms with Gasteiger partial charge in [0, 0.05) is 17.6 Å². The van der Waals surface area contributed by atoms with Crippen molar-refractivity contribution in [3.63, 3.8) is 0 Å². The highest BCUT2D eigenvalue weighted by molar-refractivity contribution is 5.99. The van der Waals surface area contributed by atoms with E-state index in [9.17, 15) is 9.59 Å². The Balaban J connectivity index is 1.72. The number of hydrogen-bond donors (Lipinski definition) is 2. The number of ether oxygens (including phenoxy) is 1. The molecule has 2 unspecified atom stereocenters. The first-order valence-electron chi connectivity index (χ1n) is 10.5. The lowest BCUT2D eigenvalue weighted by atomic mass is 9.86. The van der Waals surface area contributed by atoms with Gasteiger partial charge in [-0.05, 0) is 44.1 Å². The first kappa shape index (κ1) is 23.3. The van der Waals surface area contributed by atoms with Gasteiger partial charge in [-0.3, -0.25) is 9.59 Å². The van der Waals surface area contributed by atoms with Crippen LogP contribution >= 0.6 is 0 Å². The molecule has 2 rings (SSSR count). The van der Waals surface area contributed by atoms with Crippen LogP contribution in [-0.2, 0) is 16.1 Å². The molecule has 5 nitrogen and oxygen atoms in total. The van der Waals surface area contributed by atoms with Gasteiger partial charge in [0.25, 0.3) is 0 Å². The average molecular weight is 402 g/mol. The molecule has 0 saturated carbocycles. The Morgan fingerprint density at radius 1 is 1.24 bits per heavy atom. The number of rotatable bonds is 10. The molecule has 1 aliphatic rings. The minimum absolute atomic E-state index is 0.0254. The number of carbonyl (C=O) groups is 2. The second kappa shape index (κ2) is 10.7. The van der Waals surface area contributed by atoms with Crippen LogP contribution in [0.25, 0.3) is 0 Å². The smallest absolute Gasteiger partial charge is 0.226 e. The molecule has 1 aliphatic carbocycles. The number of aliphatic hydroxyl groups excluding tert-OH is 1. The molecule has 160 valence electrons. The maximum atomic E-state index is 12.5. The summed E-state index contributed by atoms with van der Waals surface area (Å²) in [6, 6.07) is 6.77. The summed E-state index contributed by atoms with van der Waals surface area (Å²) in [5.74, 6) is 0.270. The molecule has 0 bridgehead atoms. The molecule has 0 aromatic heterocycles. The van der Waals surface area contributed by atoms with Crippen molar-refractivity contribution in [3.8, 4) is 0 Å². The lowest BCUT2D eigenvalue weighted by Gasteiger charge is -2.29. The van der Waals surface area contributed by atoms with Crippen molar-refractivity contribution in [2.24, 2.45) is 11.3 Å². The predicted molar refractivity (Wildman–Crippen MR) is 115 cm³/mol. The van der Waals surface area contributed by atoms with Crippen LogP contribution < -0.4 is 5.32 Å². The van der Waals surface area contributed by atoms with E-state index in [0.717, 1.165) is 24.8 Å². The average Bonchev–Trinajstić information content (AvgIpc) is 2.71. The fourth-order valence-corrected chi connectivity index (χ4v) is 3.52. The highest BCUT2D eigenvalue weighted by atomic mass is 16.5. The van der Waals surface area contributed by atoms with Gasteiger partial charge in [-0.15, -0.1) is 0 Å². The minimum Gasteiger partial charge on any atom is -0.392 e. The molecular weight excluding hydrogens is 366 g/mol. The number of Topliss-reactive ketones (excluding diaryl/α,β-unsaturated/α-hetero) is 1. The van der Waals surface area contributed by atoms with E-state index < -0.39 is 5.41 Å². The van der Waals surface area contributed by atoms with E-state index in [2.05, 4.69) is 25.2 Å². The van der Waals surface area contributed by atoms with E-state index in [-0.39, 0.29) is 30.9 Å². The molecule has 0 heterocycles. The van der Waals surface area contributed by atoms with Gasteiger partial charge in [0.2, 0.25) is 5.91 Å². The maximum Gasteiger partial charge on any atom is 0.226 e. The zero-order chi connectivity index (χ0) is 21.4. The van der Waals surface area contributed by atoms with E-state index in [1.807, 2.05) is 13.8 Å². The molecule has 0 spiro atoms. The molecule has 2 N–H and O–H groups in total. The summed E-state index contributed by atoms with van der Waals surface area (Å²) in [7, 11) is 0. The van der Waals surface area contributed by atoms with Crippen LogP contribution in [0.5, 0.6) is 0 Å². The Hall–Kier alpha value is -1.98. The number of benzene rings is 1. The molecule has 1 amide bonds. The fraction of sp³-hybridized carbons (Fsp3) is 0.583. The van der Waals surface area contributed by atoms with Gasteiger partial charge in [-0.1, -0.05) is 56.7 Å². The van der Waals surface area contributed by atoms with Crippen molar-refractivity contribution in [2.45, 2.75) is 66.1 Å². The Morgan fingerprint density at radius 3 is 2.59 bits per heavy atom. The first-order chi connectivity index (χ1) is 13.7. The van der Waals surface area contributed by atoms with Gasteiger partial charge in [0.15, 0.2) is 5.78 Å². The summed E-state index contributed by atoms with van der Waals surface area (Å²) >= 11 is 0. The van der Waals surface area contributed by atoms with Gasteiger partial charge in [-0.2, -0.15) is 0 Å². The van der Waals surface area contributed by atoms with Crippen molar-refractivity contribution in [1.29, 1.82) is 0 Å². The van der Waals surface area contributed by atoms with Crippen LogP contribution in [0.1, 0.15) is 69.3 Å². The van der Waals surface area contributed by atoms with Crippen molar-refractivity contribution >= 4 is 11.7 Å². The van der Waals surface area contributed by atoms with Gasteiger partial charge in [0.05, 0.1) is 19.3 Å². The molecule has 5 heteroatoms. The van der Waals surface area contributed by atoms with Crippen LogP contribution in [0.2, 0.25) is 0 Å². The van der Waals surface area contributed by atoms with Crippen molar-refractivity contribution < 1.29 is 19.4 Å². The van der Waals surface area contributed by atoms with Crippen molar-refractivity contribution in [3.05, 3.63) is 47.0 Å². The van der Waals surface area contributed by atoms with Gasteiger partial charge < -0.3 is 15.2 Å². The normalized spacial score (nSPS) is 19.6. The first-order valence-corrected chi connectivity index (χ1v) is 10.5. The quantitative estimate of drug-likeness (QED) is 0.352. The molecule has 1 aromatic carbocycles. The summed E-state index contributed by atoms with van der Waals surface area (Å²) < 4.78 is 6.07. The third-order valence-corrected chi connectivity index (χ3v) is 5.76. The third kappa shape index (κ3) is 7.09. The number of ketones is 1. The summed E-state index contributed by atoms with van der Waals surface area (Å²) in [4.78, 5) is 24.8. The highest BCUT2D eigenvalue weighted by Crippen LogP contribution is 2.27. The molecule has 2 atom stereocenters. The van der Waals surface area contributed by atoms with Crippen LogP contribution in [-0.4, -0.2) is 36.1 Å². The molecule has 0 fully saturated rings. The van der Waals surface area contributed by atoms with E-state index >= 15 is 0 Å². The SMILES string of the molecule is CC1=CCC(C)C(OCCCC(C)(C)C(=O)NCC(=O)c2ccc(CO)cc2)C1. The zero-order valence-corrected chi connectivity index (χ0v) is 18.2. The lowest BCUT2D eigenvalue weighted by Crippen LogP contribution is -2.39. The fourth-order valence-electron chi connectivity index (χ4n) is 3.52. The summed E-state index contributed by atoms with van der Waals surface area (Å²) in [5, 5.41) is 11.8. The topological polar surface area (TPSA) is 75.6 Å². The van der Waals surface area contributed by atoms with E-state index in [1.54, 1.807) is 24.3 Å². The van der Waals surface area contributed by atoms with E-state index in [1.165, 1.54) is 5.57 Å².